The Bertz CT molecular complexity index is 1100. The van der Waals surface area contributed by atoms with Crippen LogP contribution in [0, 0.1) is 23.2 Å². The van der Waals surface area contributed by atoms with Gasteiger partial charge in [-0.05, 0) is 92.9 Å². The first-order chi connectivity index (χ1) is 15.6. The Morgan fingerprint density at radius 1 is 1.03 bits per heavy atom. The predicted molar refractivity (Wildman–Crippen MR) is 130 cm³/mol. The number of rotatable bonds is 6. The molecule has 0 unspecified atom stereocenters. The first-order valence-corrected chi connectivity index (χ1v) is 13.0. The lowest BCUT2D eigenvalue weighted by atomic mass is 9.48. The summed E-state index contributed by atoms with van der Waals surface area (Å²) >= 11 is 1.53. The largest absolute Gasteiger partial charge is 0.352 e. The van der Waals surface area contributed by atoms with Crippen molar-refractivity contribution in [3.63, 3.8) is 0 Å². The molecule has 166 valence electrons. The summed E-state index contributed by atoms with van der Waals surface area (Å²) in [5.74, 6) is 3.24. The van der Waals surface area contributed by atoms with E-state index in [1.165, 1.54) is 50.3 Å². The Morgan fingerprint density at radius 3 is 2.34 bits per heavy atom. The first-order valence-electron chi connectivity index (χ1n) is 12.0. The van der Waals surface area contributed by atoms with E-state index in [-0.39, 0.29) is 11.9 Å². The summed E-state index contributed by atoms with van der Waals surface area (Å²) in [7, 11) is 0. The molecule has 0 saturated heterocycles. The summed E-state index contributed by atoms with van der Waals surface area (Å²) in [6.07, 6.45) is 8.26. The molecule has 1 atom stereocenters. The number of hydrogen-bond donors (Lipinski definition) is 1. The third-order valence-electron chi connectivity index (χ3n) is 8.26. The molecule has 4 aliphatic carbocycles. The van der Waals surface area contributed by atoms with Gasteiger partial charge >= 0.3 is 0 Å². The van der Waals surface area contributed by atoms with Crippen LogP contribution in [0.25, 0.3) is 16.7 Å². The Balaban J connectivity index is 1.18. The molecule has 3 aromatic rings. The highest BCUT2D eigenvalue weighted by molar-refractivity contribution is 7.99. The molecule has 4 fully saturated rings. The number of amides is 1. The predicted octanol–water partition coefficient (Wildman–Crippen LogP) is 5.84. The van der Waals surface area contributed by atoms with E-state index in [2.05, 4.69) is 35.0 Å². The number of aromatic nitrogens is 2. The number of para-hydroxylation sites is 3. The lowest BCUT2D eigenvalue weighted by Crippen LogP contribution is -2.56. The van der Waals surface area contributed by atoms with Gasteiger partial charge in [0, 0.05) is 11.7 Å². The van der Waals surface area contributed by atoms with Crippen LogP contribution in [-0.4, -0.2) is 27.3 Å². The van der Waals surface area contributed by atoms with Gasteiger partial charge in [0.1, 0.15) is 0 Å². The van der Waals surface area contributed by atoms with E-state index >= 15 is 0 Å². The lowest BCUT2D eigenvalue weighted by Gasteiger charge is -2.59. The third kappa shape index (κ3) is 3.55. The van der Waals surface area contributed by atoms with Gasteiger partial charge in [0.15, 0.2) is 5.16 Å². The Hall–Kier alpha value is -2.27. The maximum absolute atomic E-state index is 13.0. The second-order valence-electron chi connectivity index (χ2n) is 10.4. The van der Waals surface area contributed by atoms with Gasteiger partial charge in [0.2, 0.25) is 5.91 Å². The standard InChI is InChI=1S/C27H31N3OS/c1-18(27-14-19-11-20(15-27)13-21(12-19)16-27)28-25(31)17-32-26-29-23-9-5-6-10-24(23)30(26)22-7-3-2-4-8-22/h2-10,18-21H,11-17H2,1H3,(H,28,31)/t18-,19?,20?,21?,27?/m0/s1. The Morgan fingerprint density at radius 2 is 1.66 bits per heavy atom. The van der Waals surface area contributed by atoms with Crippen LogP contribution in [0.1, 0.15) is 45.4 Å². The van der Waals surface area contributed by atoms with Crippen LogP contribution in [0.15, 0.2) is 59.8 Å². The van der Waals surface area contributed by atoms with Crippen LogP contribution in [-0.2, 0) is 4.79 Å². The van der Waals surface area contributed by atoms with Crippen molar-refractivity contribution in [2.75, 3.05) is 5.75 Å². The van der Waals surface area contributed by atoms with Crippen molar-refractivity contribution < 1.29 is 4.79 Å². The van der Waals surface area contributed by atoms with Crippen LogP contribution in [0.4, 0.5) is 0 Å². The smallest absolute Gasteiger partial charge is 0.230 e. The zero-order valence-electron chi connectivity index (χ0n) is 18.7. The van der Waals surface area contributed by atoms with E-state index in [0.29, 0.717) is 11.2 Å². The van der Waals surface area contributed by atoms with Gasteiger partial charge in [-0.1, -0.05) is 42.1 Å². The van der Waals surface area contributed by atoms with E-state index < -0.39 is 0 Å². The van der Waals surface area contributed by atoms with Gasteiger partial charge in [-0.15, -0.1) is 0 Å². The number of benzene rings is 2. The van der Waals surface area contributed by atoms with Crippen LogP contribution >= 0.6 is 11.8 Å². The molecule has 1 aromatic heterocycles. The minimum absolute atomic E-state index is 0.130. The van der Waals surface area contributed by atoms with Crippen molar-refractivity contribution in [1.82, 2.24) is 14.9 Å². The van der Waals surface area contributed by atoms with Crippen LogP contribution in [0.5, 0.6) is 0 Å². The van der Waals surface area contributed by atoms with Crippen molar-refractivity contribution in [3.05, 3.63) is 54.6 Å². The van der Waals surface area contributed by atoms with Gasteiger partial charge in [0.25, 0.3) is 0 Å². The fourth-order valence-electron chi connectivity index (χ4n) is 7.20. The average molecular weight is 446 g/mol. The molecule has 4 aliphatic rings. The molecular formula is C27H31N3OS. The topological polar surface area (TPSA) is 46.9 Å². The zero-order chi connectivity index (χ0) is 21.7. The second kappa shape index (κ2) is 7.95. The minimum atomic E-state index is 0.130. The highest BCUT2D eigenvalue weighted by atomic mass is 32.2. The summed E-state index contributed by atoms with van der Waals surface area (Å²) in [6, 6.07) is 18.7. The molecule has 32 heavy (non-hydrogen) atoms. The molecule has 4 nitrogen and oxygen atoms in total. The number of thioether (sulfide) groups is 1. The molecule has 1 N–H and O–H groups in total. The number of imidazole rings is 1. The molecule has 4 saturated carbocycles. The van der Waals surface area contributed by atoms with E-state index in [1.54, 1.807) is 0 Å². The van der Waals surface area contributed by atoms with Crippen molar-refractivity contribution in [2.24, 2.45) is 23.2 Å². The monoisotopic (exact) mass is 445 g/mol. The normalized spacial score (nSPS) is 29.3. The number of fused-ring (bicyclic) bond motifs is 1. The number of carbonyl (C=O) groups excluding carboxylic acids is 1. The van der Waals surface area contributed by atoms with E-state index in [9.17, 15) is 4.79 Å². The van der Waals surface area contributed by atoms with Crippen LogP contribution in [0.2, 0.25) is 0 Å². The highest BCUT2D eigenvalue weighted by Crippen LogP contribution is 2.61. The van der Waals surface area contributed by atoms with Crippen molar-refractivity contribution in [3.8, 4) is 5.69 Å². The minimum Gasteiger partial charge on any atom is -0.352 e. The molecule has 7 rings (SSSR count). The molecule has 0 aliphatic heterocycles. The van der Waals surface area contributed by atoms with Crippen molar-refractivity contribution in [2.45, 2.75) is 56.6 Å². The maximum Gasteiger partial charge on any atom is 0.230 e. The molecular weight excluding hydrogens is 414 g/mol. The van der Waals surface area contributed by atoms with Gasteiger partial charge < -0.3 is 5.32 Å². The summed E-state index contributed by atoms with van der Waals surface area (Å²) < 4.78 is 2.16. The number of nitrogens with zero attached hydrogens (tertiary/aromatic N) is 2. The number of carbonyl (C=O) groups is 1. The molecule has 5 heteroatoms. The molecule has 2 aromatic carbocycles. The molecule has 0 spiro atoms. The van der Waals surface area contributed by atoms with Gasteiger partial charge in [-0.25, -0.2) is 4.98 Å². The van der Waals surface area contributed by atoms with Crippen LogP contribution < -0.4 is 5.32 Å². The molecule has 1 amide bonds. The maximum atomic E-state index is 13.0. The SMILES string of the molecule is C[C@H](NC(=O)CSc1nc2ccccc2n1-c1ccccc1)C12CC3CC(CC(C3)C1)C2. The lowest BCUT2D eigenvalue weighted by molar-refractivity contribution is -0.123. The van der Waals surface area contributed by atoms with Crippen molar-refractivity contribution in [1.29, 1.82) is 0 Å². The Labute approximate surface area is 194 Å². The zero-order valence-corrected chi connectivity index (χ0v) is 19.5. The van der Waals surface area contributed by atoms with Gasteiger partial charge in [-0.2, -0.15) is 0 Å². The van der Waals surface area contributed by atoms with Gasteiger partial charge in [-0.3, -0.25) is 9.36 Å². The summed E-state index contributed by atoms with van der Waals surface area (Å²) in [4.78, 5) is 17.9. The fourth-order valence-corrected chi connectivity index (χ4v) is 8.04. The van der Waals surface area contributed by atoms with E-state index in [0.717, 1.165) is 39.6 Å². The number of nitrogens with one attached hydrogen (secondary N) is 1. The number of hydrogen-bond acceptors (Lipinski definition) is 3. The van der Waals surface area contributed by atoms with Crippen LogP contribution in [0.3, 0.4) is 0 Å². The molecule has 1 heterocycles. The van der Waals surface area contributed by atoms with E-state index in [4.69, 9.17) is 4.98 Å². The summed E-state index contributed by atoms with van der Waals surface area (Å²) in [6.45, 7) is 2.26. The third-order valence-corrected chi connectivity index (χ3v) is 9.20. The Kier molecular flexibility index (Phi) is 5.05. The molecule has 4 bridgehead atoms. The van der Waals surface area contributed by atoms with Gasteiger partial charge in [0.05, 0.1) is 16.8 Å². The summed E-state index contributed by atoms with van der Waals surface area (Å²) in [5.41, 5.74) is 3.45. The average Bonchev–Trinajstić information content (AvgIpc) is 3.16. The van der Waals surface area contributed by atoms with Crippen molar-refractivity contribution >= 4 is 28.7 Å². The first kappa shape index (κ1) is 20.3. The highest BCUT2D eigenvalue weighted by Gasteiger charge is 2.53. The molecule has 0 radical (unpaired) electrons. The quantitative estimate of drug-likeness (QED) is 0.485. The fraction of sp³-hybridized carbons (Fsp3) is 0.481. The summed E-state index contributed by atoms with van der Waals surface area (Å²) in [5, 5.41) is 4.27. The second-order valence-corrected chi connectivity index (χ2v) is 11.4. The van der Waals surface area contributed by atoms with E-state index in [1.807, 2.05) is 36.4 Å².